The van der Waals surface area contributed by atoms with E-state index in [0.717, 1.165) is 51.4 Å². The van der Waals surface area contributed by atoms with Gasteiger partial charge in [-0.05, 0) is 85.4 Å². The van der Waals surface area contributed by atoms with Crippen molar-refractivity contribution in [2.45, 2.75) is 127 Å². The molecule has 0 spiro atoms. The van der Waals surface area contributed by atoms with Crippen LogP contribution in [0.2, 0.25) is 0 Å². The Bertz CT molecular complexity index is 1240. The lowest BCUT2D eigenvalue weighted by molar-refractivity contribution is -0.144. The minimum absolute atomic E-state index is 0.0192. The number of nitrogens with zero attached hydrogens (tertiary/aromatic N) is 3. The van der Waals surface area contributed by atoms with Gasteiger partial charge in [0.2, 0.25) is 5.91 Å². The zero-order chi connectivity index (χ0) is 31.7. The van der Waals surface area contributed by atoms with Gasteiger partial charge in [0.15, 0.2) is 5.78 Å². The molecule has 232 valence electrons. The lowest BCUT2D eigenvalue weighted by atomic mass is 9.41. The van der Waals surface area contributed by atoms with Crippen LogP contribution in [0.1, 0.15) is 132 Å². The second-order valence-electron chi connectivity index (χ2n) is 15.8. The molecule has 2 aliphatic carbocycles. The van der Waals surface area contributed by atoms with Crippen LogP contribution in [0.4, 0.5) is 0 Å². The molecule has 0 radical (unpaired) electrons. The molecule has 1 aromatic rings. The predicted molar refractivity (Wildman–Crippen MR) is 167 cm³/mol. The highest BCUT2D eigenvalue weighted by Crippen LogP contribution is 2.66. The lowest BCUT2D eigenvalue weighted by Gasteiger charge is -2.62. The van der Waals surface area contributed by atoms with E-state index in [1.807, 2.05) is 13.0 Å². The standard InChI is InChI=1S/C36H55N3O3/c1-11-13-32(4,5)15-17-34(8,31(42)39-20-19-38-24-39)18-16-33(6,7)36(10)14-12-28-26(3)30(41)27(23-37)22-35(28,9)29(36)21-25(2)40/h19-20,22,24,26,28-29H,11-18,21H2,1-10H3/t26-,28-,29+,34-,35-,36+/m0/s1. The van der Waals surface area contributed by atoms with E-state index < -0.39 is 10.8 Å². The SMILES string of the molecule is CCCC(C)(C)CC[C@@](C)(CCC(C)(C)[C@]1(C)CC[C@H]2[C@H](C)C(=O)C(C#N)=C[C@]2(C)[C@H]1CC(C)=O)C(=O)n1ccnc1. The zero-order valence-electron chi connectivity index (χ0n) is 28.0. The molecule has 1 aromatic heterocycles. The second-order valence-corrected chi connectivity index (χ2v) is 15.8. The third-order valence-corrected chi connectivity index (χ3v) is 12.0. The van der Waals surface area contributed by atoms with Crippen LogP contribution >= 0.6 is 0 Å². The van der Waals surface area contributed by atoms with Gasteiger partial charge in [-0.15, -0.1) is 0 Å². The largest absolute Gasteiger partial charge is 0.300 e. The summed E-state index contributed by atoms with van der Waals surface area (Å²) in [6.07, 6.45) is 14.7. The Kier molecular flexibility index (Phi) is 9.87. The van der Waals surface area contributed by atoms with E-state index in [4.69, 9.17) is 0 Å². The summed E-state index contributed by atoms with van der Waals surface area (Å²) in [6.45, 7) is 21.7. The Labute approximate surface area is 254 Å². The van der Waals surface area contributed by atoms with Crippen LogP contribution in [0.25, 0.3) is 0 Å². The van der Waals surface area contributed by atoms with E-state index in [2.05, 4.69) is 66.4 Å². The van der Waals surface area contributed by atoms with E-state index >= 15 is 0 Å². The Balaban J connectivity index is 1.99. The van der Waals surface area contributed by atoms with Gasteiger partial charge in [0.1, 0.15) is 18.2 Å². The van der Waals surface area contributed by atoms with Crippen molar-refractivity contribution in [3.8, 4) is 6.07 Å². The molecule has 0 N–H and O–H groups in total. The van der Waals surface area contributed by atoms with Crippen molar-refractivity contribution in [1.29, 1.82) is 5.26 Å². The fraction of sp³-hybridized carbons (Fsp3) is 0.750. The van der Waals surface area contributed by atoms with Crippen LogP contribution in [-0.4, -0.2) is 27.0 Å². The van der Waals surface area contributed by atoms with Crippen LogP contribution in [0.5, 0.6) is 0 Å². The molecule has 6 atom stereocenters. The average molecular weight is 578 g/mol. The number of imidazole rings is 1. The summed E-state index contributed by atoms with van der Waals surface area (Å²) in [4.78, 5) is 43.9. The number of Topliss-reactive ketones (excluding diaryl/α,β-unsaturated/α-hetero) is 2. The molecule has 0 saturated heterocycles. The Morgan fingerprint density at radius 2 is 1.74 bits per heavy atom. The molecule has 0 aromatic carbocycles. The van der Waals surface area contributed by atoms with Crippen molar-refractivity contribution in [3.63, 3.8) is 0 Å². The fourth-order valence-corrected chi connectivity index (χ4v) is 8.64. The van der Waals surface area contributed by atoms with Crippen molar-refractivity contribution >= 4 is 17.5 Å². The van der Waals surface area contributed by atoms with E-state index in [1.165, 1.54) is 0 Å². The van der Waals surface area contributed by atoms with Gasteiger partial charge in [-0.3, -0.25) is 14.2 Å². The summed E-state index contributed by atoms with van der Waals surface area (Å²) in [7, 11) is 0. The summed E-state index contributed by atoms with van der Waals surface area (Å²) >= 11 is 0. The van der Waals surface area contributed by atoms with Crippen LogP contribution in [-0.2, 0) is 9.59 Å². The topological polar surface area (TPSA) is 92.8 Å². The number of carbonyl (C=O) groups excluding carboxylic acids is 3. The van der Waals surface area contributed by atoms with Gasteiger partial charge in [0, 0.05) is 30.1 Å². The molecule has 0 bridgehead atoms. The zero-order valence-corrected chi connectivity index (χ0v) is 28.0. The second kappa shape index (κ2) is 12.2. The summed E-state index contributed by atoms with van der Waals surface area (Å²) in [5, 5.41) is 9.84. The quantitative estimate of drug-likeness (QED) is 0.248. The van der Waals surface area contributed by atoms with Gasteiger partial charge in [-0.1, -0.05) is 74.8 Å². The number of rotatable bonds is 12. The van der Waals surface area contributed by atoms with Crippen molar-refractivity contribution in [2.75, 3.05) is 0 Å². The summed E-state index contributed by atoms with van der Waals surface area (Å²) in [6, 6.07) is 2.17. The maximum Gasteiger partial charge on any atom is 0.237 e. The number of allylic oxidation sites excluding steroid dienone is 2. The first-order valence-corrected chi connectivity index (χ1v) is 16.1. The molecule has 1 saturated carbocycles. The Morgan fingerprint density at radius 3 is 2.29 bits per heavy atom. The number of fused-ring (bicyclic) bond motifs is 1. The van der Waals surface area contributed by atoms with Gasteiger partial charge < -0.3 is 4.79 Å². The summed E-state index contributed by atoms with van der Waals surface area (Å²) in [5.41, 5.74) is -1.04. The molecule has 42 heavy (non-hydrogen) atoms. The van der Waals surface area contributed by atoms with Gasteiger partial charge in [0.05, 0.1) is 5.57 Å². The third-order valence-electron chi connectivity index (χ3n) is 12.0. The Hall–Kier alpha value is -2.55. The normalized spacial score (nSPS) is 29.7. The first-order chi connectivity index (χ1) is 19.4. The molecule has 1 fully saturated rings. The highest BCUT2D eigenvalue weighted by Gasteiger charge is 2.61. The molecule has 6 nitrogen and oxygen atoms in total. The molecule has 6 heteroatoms. The van der Waals surface area contributed by atoms with E-state index in [9.17, 15) is 19.6 Å². The molecular weight excluding hydrogens is 522 g/mol. The van der Waals surface area contributed by atoms with Crippen molar-refractivity contribution in [3.05, 3.63) is 30.4 Å². The van der Waals surface area contributed by atoms with Gasteiger partial charge in [-0.25, -0.2) is 4.98 Å². The molecule has 3 rings (SSSR count). The lowest BCUT2D eigenvalue weighted by Crippen LogP contribution is -2.57. The minimum Gasteiger partial charge on any atom is -0.300 e. The molecule has 1 heterocycles. The summed E-state index contributed by atoms with van der Waals surface area (Å²) in [5.74, 6) is 0.00559. The van der Waals surface area contributed by atoms with Crippen molar-refractivity contribution in [2.24, 2.45) is 44.8 Å². The van der Waals surface area contributed by atoms with Crippen molar-refractivity contribution < 1.29 is 14.4 Å². The average Bonchev–Trinajstić information content (AvgIpc) is 3.45. The van der Waals surface area contributed by atoms with Crippen LogP contribution < -0.4 is 0 Å². The monoisotopic (exact) mass is 577 g/mol. The number of hydrogen-bond donors (Lipinski definition) is 0. The maximum atomic E-state index is 14.0. The Morgan fingerprint density at radius 1 is 1.10 bits per heavy atom. The first-order valence-electron chi connectivity index (χ1n) is 16.1. The van der Waals surface area contributed by atoms with E-state index in [1.54, 1.807) is 30.2 Å². The highest BCUT2D eigenvalue weighted by molar-refractivity contribution is 6.01. The maximum absolute atomic E-state index is 14.0. The number of ketones is 2. The van der Waals surface area contributed by atoms with Crippen LogP contribution in [0.3, 0.4) is 0 Å². The summed E-state index contributed by atoms with van der Waals surface area (Å²) < 4.78 is 1.64. The molecule has 0 amide bonds. The molecule has 0 aliphatic heterocycles. The highest BCUT2D eigenvalue weighted by atomic mass is 16.2. The van der Waals surface area contributed by atoms with Crippen LogP contribution in [0.15, 0.2) is 30.4 Å². The number of aromatic nitrogens is 2. The van der Waals surface area contributed by atoms with Crippen LogP contribution in [0, 0.1) is 56.2 Å². The predicted octanol–water partition coefficient (Wildman–Crippen LogP) is 8.63. The number of hydrogen-bond acceptors (Lipinski definition) is 5. The molecule has 2 aliphatic rings. The smallest absolute Gasteiger partial charge is 0.237 e. The molecule has 0 unspecified atom stereocenters. The van der Waals surface area contributed by atoms with Gasteiger partial charge in [0.25, 0.3) is 0 Å². The van der Waals surface area contributed by atoms with Crippen molar-refractivity contribution in [1.82, 2.24) is 9.55 Å². The van der Waals surface area contributed by atoms with Gasteiger partial charge >= 0.3 is 0 Å². The van der Waals surface area contributed by atoms with E-state index in [0.29, 0.717) is 6.42 Å². The number of nitriles is 1. The fourth-order valence-electron chi connectivity index (χ4n) is 8.64. The third kappa shape index (κ3) is 6.36. The van der Waals surface area contributed by atoms with E-state index in [-0.39, 0.29) is 57.0 Å². The number of carbonyl (C=O) groups is 3. The molecular formula is C36H55N3O3. The minimum atomic E-state index is -0.559. The van der Waals surface area contributed by atoms with Gasteiger partial charge in [-0.2, -0.15) is 5.26 Å². The first kappa shape index (κ1) is 33.9.